The topological polar surface area (TPSA) is 12.0 Å². The van der Waals surface area contributed by atoms with Crippen molar-refractivity contribution in [1.29, 1.82) is 0 Å². The van der Waals surface area contributed by atoms with Gasteiger partial charge < -0.3 is 5.32 Å². The van der Waals surface area contributed by atoms with Crippen LogP contribution in [-0.2, 0) is 0 Å². The lowest BCUT2D eigenvalue weighted by atomic mass is 10.0. The molecule has 0 aliphatic heterocycles. The average molecular weight is 281 g/mol. The van der Waals surface area contributed by atoms with Crippen LogP contribution in [0.15, 0.2) is 67.2 Å². The van der Waals surface area contributed by atoms with E-state index in [1.807, 2.05) is 36.4 Å². The molecule has 0 saturated carbocycles. The molecule has 0 atom stereocenters. The van der Waals surface area contributed by atoms with Crippen LogP contribution in [0.5, 0.6) is 0 Å². The molecule has 2 aromatic rings. The lowest BCUT2D eigenvalue weighted by molar-refractivity contribution is 0.518. The van der Waals surface area contributed by atoms with Crippen LogP contribution in [0.2, 0.25) is 0 Å². The van der Waals surface area contributed by atoms with E-state index in [9.17, 15) is 0 Å². The van der Waals surface area contributed by atoms with Gasteiger partial charge in [0.05, 0.1) is 0 Å². The largest absolute Gasteiger partial charge is 0.312 e. The predicted molar refractivity (Wildman–Crippen MR) is 94.4 cm³/mol. The molecule has 21 heavy (non-hydrogen) atoms. The van der Waals surface area contributed by atoms with E-state index in [1.165, 1.54) is 11.1 Å². The first kappa shape index (κ1) is 17.2. The van der Waals surface area contributed by atoms with Crippen molar-refractivity contribution in [2.75, 3.05) is 0 Å². The second kappa shape index (κ2) is 9.15. The van der Waals surface area contributed by atoms with E-state index >= 15 is 0 Å². The van der Waals surface area contributed by atoms with Crippen molar-refractivity contribution in [1.82, 2.24) is 5.32 Å². The Labute approximate surface area is 129 Å². The fourth-order valence-electron chi connectivity index (χ4n) is 2.11. The molecule has 0 spiro atoms. The predicted octanol–water partition coefficient (Wildman–Crippen LogP) is 5.14. The molecule has 0 aliphatic rings. The van der Waals surface area contributed by atoms with Crippen molar-refractivity contribution in [2.24, 2.45) is 0 Å². The molecule has 1 nitrogen and oxygen atoms in total. The van der Waals surface area contributed by atoms with Crippen molar-refractivity contribution in [3.05, 3.63) is 78.4 Å². The molecule has 0 bridgehead atoms. The normalized spacial score (nSPS) is 10.2. The molecular formula is C20H27N. The van der Waals surface area contributed by atoms with E-state index in [4.69, 9.17) is 0 Å². The van der Waals surface area contributed by atoms with Gasteiger partial charge in [-0.1, -0.05) is 94.9 Å². The lowest BCUT2D eigenvalue weighted by Crippen LogP contribution is -2.29. The highest BCUT2D eigenvalue weighted by molar-refractivity contribution is 5.77. The van der Waals surface area contributed by atoms with Gasteiger partial charge in [0.25, 0.3) is 0 Å². The van der Waals surface area contributed by atoms with E-state index < -0.39 is 0 Å². The summed E-state index contributed by atoms with van der Waals surface area (Å²) in [6.07, 6.45) is 0. The van der Waals surface area contributed by atoms with Gasteiger partial charge in [0.1, 0.15) is 0 Å². The smallest absolute Gasteiger partial charge is 0.00127 e. The third-order valence-corrected chi connectivity index (χ3v) is 2.91. The highest BCUT2D eigenvalue weighted by Crippen LogP contribution is 2.20. The number of rotatable bonds is 4. The maximum Gasteiger partial charge on any atom is 0.00127 e. The van der Waals surface area contributed by atoms with Crippen LogP contribution in [0, 0.1) is 0 Å². The van der Waals surface area contributed by atoms with E-state index in [0.717, 1.165) is 5.57 Å². The van der Waals surface area contributed by atoms with Crippen molar-refractivity contribution in [3.63, 3.8) is 0 Å². The SMILES string of the molecule is C=C(c1ccccc1)c1ccccc1.CC(C)NC(C)C. The van der Waals surface area contributed by atoms with Gasteiger partial charge in [0, 0.05) is 12.1 Å². The summed E-state index contributed by atoms with van der Waals surface area (Å²) in [5.41, 5.74) is 3.43. The second-order valence-corrected chi connectivity index (χ2v) is 5.69. The Bertz CT molecular complexity index is 465. The lowest BCUT2D eigenvalue weighted by Gasteiger charge is -2.10. The van der Waals surface area contributed by atoms with Crippen molar-refractivity contribution in [3.8, 4) is 0 Å². The molecule has 0 aromatic heterocycles. The Hall–Kier alpha value is -1.86. The first-order valence-corrected chi connectivity index (χ1v) is 7.56. The van der Waals surface area contributed by atoms with Crippen molar-refractivity contribution in [2.45, 2.75) is 39.8 Å². The molecule has 2 aromatic carbocycles. The molecule has 0 fully saturated rings. The van der Waals surface area contributed by atoms with Gasteiger partial charge in [-0.05, 0) is 16.7 Å². The van der Waals surface area contributed by atoms with E-state index in [-0.39, 0.29) is 0 Å². The Morgan fingerprint density at radius 2 is 1.05 bits per heavy atom. The Kier molecular flexibility index (Phi) is 7.49. The van der Waals surface area contributed by atoms with E-state index in [2.05, 4.69) is 63.9 Å². The van der Waals surface area contributed by atoms with Gasteiger partial charge >= 0.3 is 0 Å². The monoisotopic (exact) mass is 281 g/mol. The average Bonchev–Trinajstić information content (AvgIpc) is 2.47. The standard InChI is InChI=1S/C14H12.C6H15N/c1-12(13-8-4-2-5-9-13)14-10-6-3-7-11-14;1-5(2)7-6(3)4/h2-11H,1H2;5-7H,1-4H3. The Morgan fingerprint density at radius 3 is 1.29 bits per heavy atom. The van der Waals surface area contributed by atoms with Crippen LogP contribution >= 0.6 is 0 Å². The maximum atomic E-state index is 4.10. The molecule has 2 rings (SSSR count). The molecule has 112 valence electrons. The van der Waals surface area contributed by atoms with Gasteiger partial charge in [-0.3, -0.25) is 0 Å². The molecule has 0 aliphatic carbocycles. The molecule has 1 N–H and O–H groups in total. The zero-order valence-corrected chi connectivity index (χ0v) is 13.6. The van der Waals surface area contributed by atoms with Gasteiger partial charge in [-0.15, -0.1) is 0 Å². The maximum absolute atomic E-state index is 4.10. The fourth-order valence-corrected chi connectivity index (χ4v) is 2.11. The minimum atomic E-state index is 0.625. The van der Waals surface area contributed by atoms with Crippen LogP contribution in [0.4, 0.5) is 0 Å². The van der Waals surface area contributed by atoms with E-state index in [0.29, 0.717) is 12.1 Å². The zero-order valence-electron chi connectivity index (χ0n) is 13.6. The van der Waals surface area contributed by atoms with Crippen LogP contribution in [0.25, 0.3) is 5.57 Å². The first-order valence-electron chi connectivity index (χ1n) is 7.56. The number of hydrogen-bond donors (Lipinski definition) is 1. The van der Waals surface area contributed by atoms with Crippen molar-refractivity contribution >= 4 is 5.57 Å². The van der Waals surface area contributed by atoms with Crippen LogP contribution in [0.1, 0.15) is 38.8 Å². The molecule has 0 amide bonds. The third kappa shape index (κ3) is 6.92. The minimum absolute atomic E-state index is 0.625. The van der Waals surface area contributed by atoms with E-state index in [1.54, 1.807) is 0 Å². The highest BCUT2D eigenvalue weighted by Gasteiger charge is 1.99. The number of benzene rings is 2. The summed E-state index contributed by atoms with van der Waals surface area (Å²) in [4.78, 5) is 0. The molecule has 0 radical (unpaired) electrons. The molecular weight excluding hydrogens is 254 g/mol. The van der Waals surface area contributed by atoms with Gasteiger partial charge in [0.15, 0.2) is 0 Å². The highest BCUT2D eigenvalue weighted by atomic mass is 14.9. The van der Waals surface area contributed by atoms with Crippen LogP contribution in [-0.4, -0.2) is 12.1 Å². The molecule has 0 heterocycles. The Morgan fingerprint density at radius 1 is 0.714 bits per heavy atom. The summed E-state index contributed by atoms with van der Waals surface area (Å²) in [6, 6.07) is 21.7. The summed E-state index contributed by atoms with van der Waals surface area (Å²) in [5, 5.41) is 3.31. The summed E-state index contributed by atoms with van der Waals surface area (Å²) in [7, 11) is 0. The molecule has 0 saturated heterocycles. The van der Waals surface area contributed by atoms with Crippen LogP contribution < -0.4 is 5.32 Å². The van der Waals surface area contributed by atoms with Gasteiger partial charge in [-0.25, -0.2) is 0 Å². The number of nitrogens with one attached hydrogen (secondary N) is 1. The number of hydrogen-bond acceptors (Lipinski definition) is 1. The summed E-state index contributed by atoms with van der Waals surface area (Å²) in [5.74, 6) is 0. The Balaban J connectivity index is 0.000000270. The van der Waals surface area contributed by atoms with Crippen LogP contribution in [0.3, 0.4) is 0 Å². The molecule has 1 heteroatoms. The first-order chi connectivity index (χ1) is 10.0. The second-order valence-electron chi connectivity index (χ2n) is 5.69. The fraction of sp³-hybridized carbons (Fsp3) is 0.300. The summed E-state index contributed by atoms with van der Waals surface area (Å²) >= 11 is 0. The quantitative estimate of drug-likeness (QED) is 0.818. The summed E-state index contributed by atoms with van der Waals surface area (Å²) in [6.45, 7) is 12.7. The third-order valence-electron chi connectivity index (χ3n) is 2.91. The minimum Gasteiger partial charge on any atom is -0.312 e. The van der Waals surface area contributed by atoms with Gasteiger partial charge in [-0.2, -0.15) is 0 Å². The van der Waals surface area contributed by atoms with Gasteiger partial charge in [0.2, 0.25) is 0 Å². The summed E-state index contributed by atoms with van der Waals surface area (Å²) < 4.78 is 0. The zero-order chi connectivity index (χ0) is 15.7. The van der Waals surface area contributed by atoms with Crippen molar-refractivity contribution < 1.29 is 0 Å². The molecule has 0 unspecified atom stereocenters.